The molecule has 0 aliphatic carbocycles. The lowest BCUT2D eigenvalue weighted by atomic mass is 10.1. The molecule has 2 aromatic rings. The Kier molecular flexibility index (Phi) is 5.04. The number of hydrogen-bond donors (Lipinski definition) is 1. The van der Waals surface area contributed by atoms with Crippen molar-refractivity contribution in [2.45, 2.75) is 39.5 Å². The van der Waals surface area contributed by atoms with Gasteiger partial charge in [-0.1, -0.05) is 24.6 Å². The molecule has 5 heteroatoms. The van der Waals surface area contributed by atoms with Crippen molar-refractivity contribution in [2.75, 3.05) is 0 Å². The molecule has 0 spiro atoms. The van der Waals surface area contributed by atoms with E-state index in [4.69, 9.17) is 16.3 Å². The van der Waals surface area contributed by atoms with E-state index < -0.39 is 6.10 Å². The van der Waals surface area contributed by atoms with Gasteiger partial charge < -0.3 is 14.4 Å². The van der Waals surface area contributed by atoms with Gasteiger partial charge in [-0.3, -0.25) is 0 Å². The van der Waals surface area contributed by atoms with Gasteiger partial charge >= 0.3 is 0 Å². The van der Waals surface area contributed by atoms with Gasteiger partial charge in [-0.15, -0.1) is 0 Å². The molecule has 108 valence electrons. The number of hydrogen-bond acceptors (Lipinski definition) is 3. The van der Waals surface area contributed by atoms with Gasteiger partial charge in [0.25, 0.3) is 0 Å². The number of aryl methyl sites for hydroxylation is 1. The standard InChI is InChI=1S/C15H19ClN2O2/c1-3-6-18-10-17-8-13(18)9-20-15-5-4-12(11(2)19)7-14(15)16/h4-5,7-8,10-11,19H,3,6,9H2,1-2H3/t11-/m1/s1. The van der Waals surface area contributed by atoms with Crippen molar-refractivity contribution in [3.05, 3.63) is 47.0 Å². The van der Waals surface area contributed by atoms with Crippen molar-refractivity contribution >= 4 is 11.6 Å². The number of rotatable bonds is 6. The number of aliphatic hydroxyl groups excluding tert-OH is 1. The van der Waals surface area contributed by atoms with Crippen molar-refractivity contribution < 1.29 is 9.84 Å². The zero-order valence-electron chi connectivity index (χ0n) is 11.7. The molecule has 0 radical (unpaired) electrons. The van der Waals surface area contributed by atoms with Crippen LogP contribution < -0.4 is 4.74 Å². The first-order valence-electron chi connectivity index (χ1n) is 6.71. The van der Waals surface area contributed by atoms with Gasteiger partial charge in [0.1, 0.15) is 12.4 Å². The summed E-state index contributed by atoms with van der Waals surface area (Å²) in [6.45, 7) is 5.17. The van der Waals surface area contributed by atoms with E-state index in [0.717, 1.165) is 24.2 Å². The summed E-state index contributed by atoms with van der Waals surface area (Å²) < 4.78 is 7.80. The van der Waals surface area contributed by atoms with Crippen molar-refractivity contribution in [1.29, 1.82) is 0 Å². The Balaban J connectivity index is 2.05. The number of nitrogens with zero attached hydrogens (tertiary/aromatic N) is 2. The molecular weight excluding hydrogens is 276 g/mol. The molecule has 0 saturated heterocycles. The molecule has 1 heterocycles. The van der Waals surface area contributed by atoms with Crippen molar-refractivity contribution in [3.8, 4) is 5.75 Å². The Labute approximate surface area is 124 Å². The van der Waals surface area contributed by atoms with Crippen LogP contribution in [-0.4, -0.2) is 14.7 Å². The maximum absolute atomic E-state index is 9.50. The molecule has 20 heavy (non-hydrogen) atoms. The molecule has 4 nitrogen and oxygen atoms in total. The predicted molar refractivity (Wildman–Crippen MR) is 78.9 cm³/mol. The summed E-state index contributed by atoms with van der Waals surface area (Å²) in [4.78, 5) is 4.13. The first-order chi connectivity index (χ1) is 9.61. The fourth-order valence-electron chi connectivity index (χ4n) is 1.96. The van der Waals surface area contributed by atoms with Crippen LogP contribution in [0, 0.1) is 0 Å². The van der Waals surface area contributed by atoms with Gasteiger partial charge in [0.05, 0.1) is 29.3 Å². The number of aliphatic hydroxyl groups is 1. The largest absolute Gasteiger partial charge is 0.486 e. The first-order valence-corrected chi connectivity index (χ1v) is 7.09. The molecule has 1 aromatic heterocycles. The topological polar surface area (TPSA) is 47.3 Å². The van der Waals surface area contributed by atoms with Crippen LogP contribution in [0.15, 0.2) is 30.7 Å². The summed E-state index contributed by atoms with van der Waals surface area (Å²) in [6.07, 6.45) is 4.12. The highest BCUT2D eigenvalue weighted by Crippen LogP contribution is 2.28. The van der Waals surface area contributed by atoms with Crippen LogP contribution >= 0.6 is 11.6 Å². The minimum atomic E-state index is -0.535. The fraction of sp³-hybridized carbons (Fsp3) is 0.400. The zero-order chi connectivity index (χ0) is 14.5. The second-order valence-electron chi connectivity index (χ2n) is 4.73. The normalized spacial score (nSPS) is 12.4. The maximum Gasteiger partial charge on any atom is 0.138 e. The van der Waals surface area contributed by atoms with E-state index in [-0.39, 0.29) is 0 Å². The van der Waals surface area contributed by atoms with Crippen LogP contribution in [0.1, 0.15) is 37.6 Å². The van der Waals surface area contributed by atoms with Crippen molar-refractivity contribution in [2.24, 2.45) is 0 Å². The Morgan fingerprint density at radius 3 is 2.90 bits per heavy atom. The summed E-state index contributed by atoms with van der Waals surface area (Å²) in [5.74, 6) is 0.611. The van der Waals surface area contributed by atoms with Gasteiger partial charge in [0.15, 0.2) is 0 Å². The third-order valence-corrected chi connectivity index (χ3v) is 3.37. The second kappa shape index (κ2) is 6.77. The van der Waals surface area contributed by atoms with Gasteiger partial charge in [-0.05, 0) is 31.0 Å². The van der Waals surface area contributed by atoms with Gasteiger partial charge in [-0.25, -0.2) is 4.98 Å². The molecule has 0 unspecified atom stereocenters. The zero-order valence-corrected chi connectivity index (χ0v) is 12.5. The van der Waals surface area contributed by atoms with E-state index in [9.17, 15) is 5.11 Å². The van der Waals surface area contributed by atoms with E-state index in [1.165, 1.54) is 0 Å². The van der Waals surface area contributed by atoms with Crippen LogP contribution in [-0.2, 0) is 13.2 Å². The Morgan fingerprint density at radius 1 is 1.45 bits per heavy atom. The molecule has 1 atom stereocenters. The fourth-order valence-corrected chi connectivity index (χ4v) is 2.20. The summed E-state index contributed by atoms with van der Waals surface area (Å²) >= 11 is 6.16. The minimum Gasteiger partial charge on any atom is -0.486 e. The SMILES string of the molecule is CCCn1cncc1COc1ccc([C@@H](C)O)cc1Cl. The molecular formula is C15H19ClN2O2. The third kappa shape index (κ3) is 3.52. The molecule has 0 aliphatic rings. The first kappa shape index (κ1) is 14.9. The number of imidazole rings is 1. The summed E-state index contributed by atoms with van der Waals surface area (Å²) in [5, 5.41) is 10.0. The van der Waals surface area contributed by atoms with Crippen molar-refractivity contribution in [3.63, 3.8) is 0 Å². The van der Waals surface area contributed by atoms with E-state index in [0.29, 0.717) is 17.4 Å². The smallest absolute Gasteiger partial charge is 0.138 e. The highest BCUT2D eigenvalue weighted by molar-refractivity contribution is 6.32. The van der Waals surface area contributed by atoms with Crippen LogP contribution in [0.2, 0.25) is 5.02 Å². The average Bonchev–Trinajstić information content (AvgIpc) is 2.85. The summed E-state index contributed by atoms with van der Waals surface area (Å²) in [5.41, 5.74) is 1.79. The number of halogens is 1. The van der Waals surface area contributed by atoms with Crippen LogP contribution in [0.5, 0.6) is 5.75 Å². The van der Waals surface area contributed by atoms with Gasteiger partial charge in [-0.2, -0.15) is 0 Å². The number of ether oxygens (including phenoxy) is 1. The van der Waals surface area contributed by atoms with E-state index >= 15 is 0 Å². The van der Waals surface area contributed by atoms with Crippen LogP contribution in [0.4, 0.5) is 0 Å². The lowest BCUT2D eigenvalue weighted by Gasteiger charge is -2.12. The lowest BCUT2D eigenvalue weighted by Crippen LogP contribution is -2.05. The molecule has 0 saturated carbocycles. The van der Waals surface area contributed by atoms with E-state index in [1.54, 1.807) is 31.6 Å². The Hall–Kier alpha value is -1.52. The molecule has 1 aromatic carbocycles. The second-order valence-corrected chi connectivity index (χ2v) is 5.14. The minimum absolute atomic E-state index is 0.424. The van der Waals surface area contributed by atoms with E-state index in [1.807, 2.05) is 6.07 Å². The molecule has 0 bridgehead atoms. The predicted octanol–water partition coefficient (Wildman–Crippen LogP) is 3.58. The van der Waals surface area contributed by atoms with Crippen molar-refractivity contribution in [1.82, 2.24) is 9.55 Å². The van der Waals surface area contributed by atoms with Gasteiger partial charge in [0.2, 0.25) is 0 Å². The summed E-state index contributed by atoms with van der Waals surface area (Å²) in [7, 11) is 0. The third-order valence-electron chi connectivity index (χ3n) is 3.08. The quantitative estimate of drug-likeness (QED) is 0.886. The maximum atomic E-state index is 9.50. The highest BCUT2D eigenvalue weighted by atomic mass is 35.5. The molecule has 0 aliphatic heterocycles. The molecule has 0 fully saturated rings. The Morgan fingerprint density at radius 2 is 2.25 bits per heavy atom. The van der Waals surface area contributed by atoms with Crippen LogP contribution in [0.25, 0.3) is 0 Å². The average molecular weight is 295 g/mol. The van der Waals surface area contributed by atoms with E-state index in [2.05, 4.69) is 16.5 Å². The number of benzene rings is 1. The highest BCUT2D eigenvalue weighted by Gasteiger charge is 2.08. The lowest BCUT2D eigenvalue weighted by molar-refractivity contribution is 0.199. The molecule has 2 rings (SSSR count). The monoisotopic (exact) mass is 294 g/mol. The molecule has 1 N–H and O–H groups in total. The number of aromatic nitrogens is 2. The van der Waals surface area contributed by atoms with Crippen LogP contribution in [0.3, 0.4) is 0 Å². The molecule has 0 amide bonds. The Bertz CT molecular complexity index is 567. The summed E-state index contributed by atoms with van der Waals surface area (Å²) in [6, 6.07) is 5.32. The van der Waals surface area contributed by atoms with Gasteiger partial charge in [0, 0.05) is 6.54 Å².